The van der Waals surface area contributed by atoms with Crippen LogP contribution in [0.4, 0.5) is 0 Å². The van der Waals surface area contributed by atoms with Crippen LogP contribution < -0.4 is 14.2 Å². The number of halogens is 1. The predicted octanol–water partition coefficient (Wildman–Crippen LogP) is 2.34. The molecule has 5 nitrogen and oxygen atoms in total. The van der Waals surface area contributed by atoms with Crippen LogP contribution in [0.5, 0.6) is 17.2 Å². The molecule has 18 heavy (non-hydrogen) atoms. The molecule has 1 unspecified atom stereocenters. The minimum Gasteiger partial charge on any atom is -0.493 e. The molecule has 1 atom stereocenters. The normalized spacial score (nSPS) is 12.9. The molecule has 0 fully saturated rings. The SMILES string of the molecule is COc1cc(C(C)S(=O)(=O)Cl)cc(OC)c1OC. The number of benzene rings is 1. The molecule has 0 N–H and O–H groups in total. The van der Waals surface area contributed by atoms with Crippen LogP contribution in [-0.4, -0.2) is 29.7 Å². The van der Waals surface area contributed by atoms with Gasteiger partial charge in [0.15, 0.2) is 11.5 Å². The van der Waals surface area contributed by atoms with Crippen molar-refractivity contribution in [3.8, 4) is 17.2 Å². The molecule has 1 aromatic carbocycles. The summed E-state index contributed by atoms with van der Waals surface area (Å²) in [4.78, 5) is 0. The van der Waals surface area contributed by atoms with E-state index in [4.69, 9.17) is 24.9 Å². The summed E-state index contributed by atoms with van der Waals surface area (Å²) in [6.45, 7) is 1.49. The minimum atomic E-state index is -3.71. The standard InChI is InChI=1S/C11H15ClO5S/c1-7(18(12,13)14)8-5-9(15-2)11(17-4)10(6-8)16-3/h5-7H,1-4H3. The summed E-state index contributed by atoms with van der Waals surface area (Å²) >= 11 is 0. The van der Waals surface area contributed by atoms with Crippen molar-refractivity contribution in [2.24, 2.45) is 0 Å². The van der Waals surface area contributed by atoms with E-state index in [9.17, 15) is 8.42 Å². The van der Waals surface area contributed by atoms with E-state index in [1.165, 1.54) is 28.3 Å². The fraction of sp³-hybridized carbons (Fsp3) is 0.455. The van der Waals surface area contributed by atoms with Gasteiger partial charge in [0, 0.05) is 10.7 Å². The van der Waals surface area contributed by atoms with Crippen LogP contribution in [-0.2, 0) is 9.05 Å². The number of ether oxygens (including phenoxy) is 3. The molecule has 0 saturated carbocycles. The van der Waals surface area contributed by atoms with Gasteiger partial charge in [-0.15, -0.1) is 0 Å². The maximum atomic E-state index is 11.3. The third-order valence-electron chi connectivity index (χ3n) is 2.58. The molecular formula is C11H15ClO5S. The zero-order valence-electron chi connectivity index (χ0n) is 10.6. The zero-order valence-corrected chi connectivity index (χ0v) is 12.1. The van der Waals surface area contributed by atoms with Crippen LogP contribution in [0.2, 0.25) is 0 Å². The average Bonchev–Trinajstić information content (AvgIpc) is 2.34. The summed E-state index contributed by atoms with van der Waals surface area (Å²) in [7, 11) is 6.03. The van der Waals surface area contributed by atoms with Crippen molar-refractivity contribution >= 4 is 19.7 Å². The molecule has 0 aromatic heterocycles. The van der Waals surface area contributed by atoms with E-state index in [2.05, 4.69) is 0 Å². The largest absolute Gasteiger partial charge is 0.493 e. The highest BCUT2D eigenvalue weighted by Gasteiger charge is 2.23. The lowest BCUT2D eigenvalue weighted by Crippen LogP contribution is -2.05. The lowest BCUT2D eigenvalue weighted by Gasteiger charge is -2.16. The molecule has 1 aromatic rings. The maximum absolute atomic E-state index is 11.3. The fourth-order valence-corrected chi connectivity index (χ4v) is 2.27. The average molecular weight is 295 g/mol. The summed E-state index contributed by atoms with van der Waals surface area (Å²) in [6.07, 6.45) is 0. The Kier molecular flexibility index (Phi) is 4.70. The van der Waals surface area contributed by atoms with Crippen LogP contribution in [0.25, 0.3) is 0 Å². The third kappa shape index (κ3) is 3.00. The van der Waals surface area contributed by atoms with Gasteiger partial charge in [0.05, 0.1) is 26.6 Å². The summed E-state index contributed by atoms with van der Waals surface area (Å²) in [5.74, 6) is 1.18. The molecule has 0 aliphatic rings. The van der Waals surface area contributed by atoms with Gasteiger partial charge in [-0.1, -0.05) is 0 Å². The summed E-state index contributed by atoms with van der Waals surface area (Å²) < 4.78 is 38.1. The smallest absolute Gasteiger partial charge is 0.239 e. The first-order valence-electron chi connectivity index (χ1n) is 5.08. The Morgan fingerprint density at radius 3 is 1.78 bits per heavy atom. The van der Waals surface area contributed by atoms with Crippen molar-refractivity contribution in [2.75, 3.05) is 21.3 Å². The highest BCUT2D eigenvalue weighted by atomic mass is 35.7. The molecule has 0 bridgehead atoms. The molecule has 7 heteroatoms. The monoisotopic (exact) mass is 294 g/mol. The van der Waals surface area contributed by atoms with Gasteiger partial charge >= 0.3 is 0 Å². The number of hydrogen-bond acceptors (Lipinski definition) is 5. The van der Waals surface area contributed by atoms with Gasteiger partial charge in [-0.05, 0) is 24.6 Å². The van der Waals surface area contributed by atoms with E-state index >= 15 is 0 Å². The lowest BCUT2D eigenvalue weighted by atomic mass is 10.1. The molecular weight excluding hydrogens is 280 g/mol. The molecule has 102 valence electrons. The number of rotatable bonds is 5. The van der Waals surface area contributed by atoms with Crippen molar-refractivity contribution in [1.82, 2.24) is 0 Å². The first kappa shape index (κ1) is 14.9. The second kappa shape index (κ2) is 5.67. The number of hydrogen-bond donors (Lipinski definition) is 0. The third-order valence-corrected chi connectivity index (χ3v) is 4.50. The summed E-state index contributed by atoms with van der Waals surface area (Å²) in [5, 5.41) is -0.868. The summed E-state index contributed by atoms with van der Waals surface area (Å²) in [5.41, 5.74) is 0.472. The van der Waals surface area contributed by atoms with Crippen molar-refractivity contribution in [1.29, 1.82) is 0 Å². The predicted molar refractivity (Wildman–Crippen MR) is 69.3 cm³/mol. The second-order valence-electron chi connectivity index (χ2n) is 3.58. The maximum Gasteiger partial charge on any atom is 0.239 e. The van der Waals surface area contributed by atoms with Gasteiger partial charge in [-0.3, -0.25) is 0 Å². The van der Waals surface area contributed by atoms with E-state index in [1.807, 2.05) is 0 Å². The van der Waals surface area contributed by atoms with Crippen LogP contribution in [0, 0.1) is 0 Å². The Labute approximate surface area is 111 Å². The molecule has 1 rings (SSSR count). The van der Waals surface area contributed by atoms with Gasteiger partial charge in [-0.2, -0.15) is 0 Å². The first-order valence-corrected chi connectivity index (χ1v) is 7.45. The van der Waals surface area contributed by atoms with E-state index < -0.39 is 14.3 Å². The Hall–Kier alpha value is -1.14. The Morgan fingerprint density at radius 2 is 1.50 bits per heavy atom. The molecule has 0 radical (unpaired) electrons. The molecule has 0 aliphatic heterocycles. The van der Waals surface area contributed by atoms with Gasteiger partial charge in [0.1, 0.15) is 0 Å². The van der Waals surface area contributed by atoms with E-state index in [0.717, 1.165) is 0 Å². The van der Waals surface area contributed by atoms with E-state index in [1.54, 1.807) is 12.1 Å². The Bertz CT molecular complexity index is 501. The zero-order chi connectivity index (χ0) is 13.9. The minimum absolute atomic E-state index is 0.388. The molecule has 0 spiro atoms. The van der Waals surface area contributed by atoms with Crippen molar-refractivity contribution < 1.29 is 22.6 Å². The van der Waals surface area contributed by atoms with E-state index in [0.29, 0.717) is 22.8 Å². The Morgan fingerprint density at radius 1 is 1.06 bits per heavy atom. The van der Waals surface area contributed by atoms with Gasteiger partial charge in [0.25, 0.3) is 0 Å². The van der Waals surface area contributed by atoms with Crippen LogP contribution >= 0.6 is 10.7 Å². The van der Waals surface area contributed by atoms with E-state index in [-0.39, 0.29) is 0 Å². The fourth-order valence-electron chi connectivity index (χ4n) is 1.50. The van der Waals surface area contributed by atoms with Crippen molar-refractivity contribution in [3.63, 3.8) is 0 Å². The van der Waals surface area contributed by atoms with Crippen molar-refractivity contribution in [2.45, 2.75) is 12.2 Å². The second-order valence-corrected chi connectivity index (χ2v) is 6.53. The van der Waals surface area contributed by atoms with Crippen LogP contribution in [0.15, 0.2) is 12.1 Å². The topological polar surface area (TPSA) is 61.8 Å². The van der Waals surface area contributed by atoms with Crippen LogP contribution in [0.1, 0.15) is 17.7 Å². The van der Waals surface area contributed by atoms with Crippen molar-refractivity contribution in [3.05, 3.63) is 17.7 Å². The molecule has 0 saturated heterocycles. The quantitative estimate of drug-likeness (QED) is 0.780. The summed E-state index contributed by atoms with van der Waals surface area (Å²) in [6, 6.07) is 3.12. The molecule has 0 aliphatic carbocycles. The first-order chi connectivity index (χ1) is 8.35. The molecule has 0 heterocycles. The van der Waals surface area contributed by atoms with Gasteiger partial charge < -0.3 is 14.2 Å². The highest BCUT2D eigenvalue weighted by molar-refractivity contribution is 8.13. The Balaban J connectivity index is 3.41. The lowest BCUT2D eigenvalue weighted by molar-refractivity contribution is 0.324. The molecule has 0 amide bonds. The van der Waals surface area contributed by atoms with Gasteiger partial charge in [0.2, 0.25) is 14.8 Å². The number of methoxy groups -OCH3 is 3. The highest BCUT2D eigenvalue weighted by Crippen LogP contribution is 2.41. The van der Waals surface area contributed by atoms with Gasteiger partial charge in [-0.25, -0.2) is 8.42 Å². The van der Waals surface area contributed by atoms with Crippen LogP contribution in [0.3, 0.4) is 0 Å².